The number of benzene rings is 2. The molecule has 0 saturated carbocycles. The molecule has 0 bridgehead atoms. The Bertz CT molecular complexity index is 1610. The van der Waals surface area contributed by atoms with Gasteiger partial charge >= 0.3 is 12.1 Å². The van der Waals surface area contributed by atoms with Crippen LogP contribution in [0.15, 0.2) is 78.3 Å². The van der Waals surface area contributed by atoms with Gasteiger partial charge in [0.05, 0.1) is 35.9 Å². The van der Waals surface area contributed by atoms with Gasteiger partial charge in [-0.2, -0.15) is 0 Å². The van der Waals surface area contributed by atoms with Gasteiger partial charge in [-0.3, -0.25) is 4.79 Å². The number of aliphatic hydroxyl groups excluding tert-OH is 1. The normalized spacial score (nSPS) is 13.5. The highest BCUT2D eigenvalue weighted by molar-refractivity contribution is 7.11. The Balaban J connectivity index is 1.46. The van der Waals surface area contributed by atoms with Crippen LogP contribution >= 0.6 is 22.9 Å². The van der Waals surface area contributed by atoms with Gasteiger partial charge in [0, 0.05) is 24.7 Å². The van der Waals surface area contributed by atoms with Crippen molar-refractivity contribution in [2.45, 2.75) is 77.4 Å². The Kier molecular flexibility index (Phi) is 15.0. The summed E-state index contributed by atoms with van der Waals surface area (Å²) in [5.74, 6) is -0.613. The van der Waals surface area contributed by atoms with Crippen LogP contribution in [0.4, 0.5) is 9.59 Å². The van der Waals surface area contributed by atoms with E-state index in [2.05, 4.69) is 25.3 Å². The van der Waals surface area contributed by atoms with Crippen molar-refractivity contribution in [3.8, 4) is 5.19 Å². The minimum Gasteiger partial charge on any atom is -0.470 e. The Morgan fingerprint density at radius 1 is 0.940 bits per heavy atom. The SMILES string of the molecule is CCOc1nc(CN(C)C(=O)N[C@H](C(=O)N[C@@H](Cc2ccccc2)C[C@H](O)[C@H](Cc2ccccc2)NC(=O)OCc2ccns2)C(C)C)cs1. The molecular weight excluding hydrogens is 677 g/mol. The molecule has 50 heavy (non-hydrogen) atoms. The third-order valence-corrected chi connectivity index (χ3v) is 9.39. The molecule has 0 unspecified atom stereocenters. The van der Waals surface area contributed by atoms with E-state index in [9.17, 15) is 19.5 Å². The standard InChI is InChI=1S/C36H46N6O6S2/c1-5-47-36-39-28(23-49-36)21-42(4)34(45)41-32(24(2)3)33(44)38-27(18-25-12-8-6-9-13-25)20-31(43)30(19-26-14-10-7-11-15-26)40-35(46)48-22-29-16-17-37-50-29/h6-17,23-24,27,30-32,43H,5,18-22H2,1-4H3,(H,38,44)(H,40,46)(H,41,45)/t27-,30-,31-,32-/m0/s1. The highest BCUT2D eigenvalue weighted by Gasteiger charge is 2.31. The lowest BCUT2D eigenvalue weighted by Crippen LogP contribution is -2.55. The summed E-state index contributed by atoms with van der Waals surface area (Å²) < 4.78 is 14.9. The Morgan fingerprint density at radius 3 is 2.24 bits per heavy atom. The number of hydrogen-bond acceptors (Lipinski definition) is 10. The van der Waals surface area contributed by atoms with Crippen molar-refractivity contribution in [3.63, 3.8) is 0 Å². The zero-order valence-corrected chi connectivity index (χ0v) is 30.4. The molecule has 0 spiro atoms. The highest BCUT2D eigenvalue weighted by atomic mass is 32.1. The molecule has 2 aromatic carbocycles. The fourth-order valence-corrected chi connectivity index (χ4v) is 6.49. The van der Waals surface area contributed by atoms with Gasteiger partial charge in [-0.25, -0.2) is 18.9 Å². The molecule has 0 aliphatic carbocycles. The number of amides is 4. The fraction of sp³-hybridized carbons (Fsp3) is 0.417. The summed E-state index contributed by atoms with van der Waals surface area (Å²) in [6.07, 6.45) is 0.795. The number of alkyl carbamates (subject to hydrolysis) is 1. The van der Waals surface area contributed by atoms with E-state index in [0.717, 1.165) is 16.0 Å². The lowest BCUT2D eigenvalue weighted by atomic mass is 9.93. The van der Waals surface area contributed by atoms with E-state index in [4.69, 9.17) is 9.47 Å². The quantitative estimate of drug-likeness (QED) is 0.110. The van der Waals surface area contributed by atoms with Crippen molar-refractivity contribution in [3.05, 3.63) is 100 Å². The van der Waals surface area contributed by atoms with E-state index in [0.29, 0.717) is 30.3 Å². The first-order valence-electron chi connectivity index (χ1n) is 16.6. The minimum absolute atomic E-state index is 0.0624. The summed E-state index contributed by atoms with van der Waals surface area (Å²) in [5.41, 5.74) is 2.56. The Morgan fingerprint density at radius 2 is 1.62 bits per heavy atom. The second kappa shape index (κ2) is 19.6. The molecule has 2 heterocycles. The van der Waals surface area contributed by atoms with E-state index < -0.39 is 36.4 Å². The van der Waals surface area contributed by atoms with Crippen LogP contribution < -0.4 is 20.7 Å². The predicted octanol–water partition coefficient (Wildman–Crippen LogP) is 5.18. The summed E-state index contributed by atoms with van der Waals surface area (Å²) >= 11 is 2.60. The molecule has 12 nitrogen and oxygen atoms in total. The third kappa shape index (κ3) is 12.4. The maximum absolute atomic E-state index is 13.8. The maximum atomic E-state index is 13.8. The van der Waals surface area contributed by atoms with Crippen LogP contribution in [0.5, 0.6) is 5.19 Å². The number of aliphatic hydroxyl groups is 1. The Hall–Kier alpha value is -4.53. The van der Waals surface area contributed by atoms with Gasteiger partial charge in [-0.05, 0) is 60.8 Å². The molecular formula is C36H46N6O6S2. The number of hydrogen-bond donors (Lipinski definition) is 4. The summed E-state index contributed by atoms with van der Waals surface area (Å²) in [7, 11) is 1.64. The van der Waals surface area contributed by atoms with E-state index >= 15 is 0 Å². The maximum Gasteiger partial charge on any atom is 0.407 e. The molecule has 14 heteroatoms. The molecule has 2 aromatic heterocycles. The van der Waals surface area contributed by atoms with Crippen LogP contribution in [-0.4, -0.2) is 75.3 Å². The van der Waals surface area contributed by atoms with Crippen molar-refractivity contribution in [2.24, 2.45) is 5.92 Å². The minimum atomic E-state index is -1.06. The van der Waals surface area contributed by atoms with Gasteiger partial charge in [0.15, 0.2) is 0 Å². The molecule has 0 radical (unpaired) electrons. The van der Waals surface area contributed by atoms with Crippen molar-refractivity contribution < 1.29 is 29.0 Å². The zero-order chi connectivity index (χ0) is 35.9. The average molecular weight is 723 g/mol. The molecule has 4 aromatic rings. The number of nitrogens with zero attached hydrogens (tertiary/aromatic N) is 3. The summed E-state index contributed by atoms with van der Waals surface area (Å²) in [6, 6.07) is 18.4. The molecule has 0 aliphatic heterocycles. The first kappa shape index (κ1) is 38.3. The van der Waals surface area contributed by atoms with Crippen molar-refractivity contribution in [1.29, 1.82) is 0 Å². The monoisotopic (exact) mass is 722 g/mol. The lowest BCUT2D eigenvalue weighted by Gasteiger charge is -2.30. The van der Waals surface area contributed by atoms with Crippen LogP contribution in [0.3, 0.4) is 0 Å². The first-order chi connectivity index (χ1) is 24.1. The van der Waals surface area contributed by atoms with E-state index in [1.54, 1.807) is 19.3 Å². The lowest BCUT2D eigenvalue weighted by molar-refractivity contribution is -0.124. The molecule has 268 valence electrons. The van der Waals surface area contributed by atoms with E-state index in [-0.39, 0.29) is 31.4 Å². The van der Waals surface area contributed by atoms with Gasteiger partial charge in [-0.15, -0.1) is 0 Å². The fourth-order valence-electron chi connectivity index (χ4n) is 5.28. The van der Waals surface area contributed by atoms with E-state index in [1.807, 2.05) is 86.8 Å². The average Bonchev–Trinajstić information content (AvgIpc) is 3.79. The largest absolute Gasteiger partial charge is 0.470 e. The number of urea groups is 1. The molecule has 4 N–H and O–H groups in total. The van der Waals surface area contributed by atoms with Gasteiger partial charge < -0.3 is 35.4 Å². The van der Waals surface area contributed by atoms with Crippen LogP contribution in [0, 0.1) is 5.92 Å². The van der Waals surface area contributed by atoms with Gasteiger partial charge in [0.2, 0.25) is 5.91 Å². The van der Waals surface area contributed by atoms with Gasteiger partial charge in [-0.1, -0.05) is 85.8 Å². The molecule has 4 amide bonds. The van der Waals surface area contributed by atoms with Gasteiger partial charge in [0.1, 0.15) is 12.6 Å². The van der Waals surface area contributed by atoms with Crippen molar-refractivity contribution in [1.82, 2.24) is 30.2 Å². The summed E-state index contributed by atoms with van der Waals surface area (Å²) in [4.78, 5) is 46.6. The number of carbonyl (C=O) groups excluding carboxylic acids is 3. The topological polar surface area (TPSA) is 155 Å². The number of ether oxygens (including phenoxy) is 2. The summed E-state index contributed by atoms with van der Waals surface area (Å²) in [5, 5.41) is 22.8. The van der Waals surface area contributed by atoms with Crippen LogP contribution in [0.25, 0.3) is 0 Å². The van der Waals surface area contributed by atoms with Crippen LogP contribution in [-0.2, 0) is 35.5 Å². The molecule has 4 rings (SSSR count). The molecule has 0 saturated heterocycles. The van der Waals surface area contributed by atoms with Crippen LogP contribution in [0.2, 0.25) is 0 Å². The Labute approximate surface area is 301 Å². The predicted molar refractivity (Wildman–Crippen MR) is 194 cm³/mol. The zero-order valence-electron chi connectivity index (χ0n) is 28.8. The summed E-state index contributed by atoms with van der Waals surface area (Å²) in [6.45, 7) is 6.41. The number of rotatable bonds is 18. The second-order valence-electron chi connectivity index (χ2n) is 12.3. The highest BCUT2D eigenvalue weighted by Crippen LogP contribution is 2.19. The van der Waals surface area contributed by atoms with Crippen molar-refractivity contribution >= 4 is 40.9 Å². The van der Waals surface area contributed by atoms with Crippen LogP contribution in [0.1, 0.15) is 48.9 Å². The second-order valence-corrected chi connectivity index (χ2v) is 14.0. The number of thiazole rings is 1. The number of nitrogens with one attached hydrogen (secondary N) is 3. The van der Waals surface area contributed by atoms with Crippen molar-refractivity contribution in [2.75, 3.05) is 13.7 Å². The number of aromatic nitrogens is 2. The first-order valence-corrected chi connectivity index (χ1v) is 18.2. The number of carbonyl (C=O) groups is 3. The smallest absolute Gasteiger partial charge is 0.407 e. The van der Waals surface area contributed by atoms with Gasteiger partial charge in [0.25, 0.3) is 5.19 Å². The third-order valence-electron chi connectivity index (χ3n) is 7.87. The molecule has 0 fully saturated rings. The molecule has 4 atom stereocenters. The molecule has 0 aliphatic rings. The van der Waals surface area contributed by atoms with E-state index in [1.165, 1.54) is 27.8 Å².